The van der Waals surface area contributed by atoms with Gasteiger partial charge in [0.15, 0.2) is 5.65 Å². The highest BCUT2D eigenvalue weighted by Gasteiger charge is 2.42. The average molecular weight is 431 g/mol. The van der Waals surface area contributed by atoms with Gasteiger partial charge in [-0.2, -0.15) is 23.0 Å². The van der Waals surface area contributed by atoms with Crippen molar-refractivity contribution in [3.8, 4) is 11.1 Å². The molecule has 3 aromatic heterocycles. The number of hydrogen-bond donors (Lipinski definition) is 0. The van der Waals surface area contributed by atoms with E-state index in [0.29, 0.717) is 26.8 Å². The van der Waals surface area contributed by atoms with Gasteiger partial charge in [0.05, 0.1) is 17.7 Å². The van der Waals surface area contributed by atoms with Gasteiger partial charge in [-0.3, -0.25) is 14.8 Å². The topological polar surface area (TPSA) is 105 Å². The van der Waals surface area contributed by atoms with Gasteiger partial charge in [0, 0.05) is 41.7 Å². The van der Waals surface area contributed by atoms with Crippen LogP contribution in [-0.4, -0.2) is 36.6 Å². The highest BCUT2D eigenvalue weighted by molar-refractivity contribution is 5.93. The minimum Gasteiger partial charge on any atom is -0.326 e. The summed E-state index contributed by atoms with van der Waals surface area (Å²) in [4.78, 5) is 29.9. The molecule has 0 aliphatic heterocycles. The summed E-state index contributed by atoms with van der Waals surface area (Å²) in [7, 11) is 0. The zero-order valence-electron chi connectivity index (χ0n) is 15.5. The van der Waals surface area contributed by atoms with Gasteiger partial charge in [0.1, 0.15) is 0 Å². The number of fused-ring (bicyclic) bond motifs is 1. The maximum absolute atomic E-state index is 12.5. The summed E-state index contributed by atoms with van der Waals surface area (Å²) in [6, 6.07) is 9.26. The molecule has 0 saturated carbocycles. The van der Waals surface area contributed by atoms with Gasteiger partial charge in [0.2, 0.25) is 0 Å². The van der Waals surface area contributed by atoms with E-state index in [4.69, 9.17) is 0 Å². The number of nitro groups is 1. The van der Waals surface area contributed by atoms with E-state index in [1.54, 1.807) is 35.3 Å². The van der Waals surface area contributed by atoms with E-state index in [2.05, 4.69) is 14.9 Å². The Morgan fingerprint density at radius 3 is 2.77 bits per heavy atom. The first-order valence-corrected chi connectivity index (χ1v) is 8.74. The van der Waals surface area contributed by atoms with E-state index in [-0.39, 0.29) is 17.9 Å². The van der Waals surface area contributed by atoms with Crippen LogP contribution >= 0.6 is 0 Å². The van der Waals surface area contributed by atoms with Crippen molar-refractivity contribution >= 4 is 22.7 Å². The van der Waals surface area contributed by atoms with Crippen LogP contribution in [0, 0.1) is 10.1 Å². The lowest BCUT2D eigenvalue weighted by atomic mass is 10.1. The third kappa shape index (κ3) is 4.08. The first-order valence-electron chi connectivity index (χ1n) is 8.74. The molecule has 9 nitrogen and oxygen atoms in total. The van der Waals surface area contributed by atoms with Gasteiger partial charge in [-0.05, 0) is 23.3 Å². The number of non-ortho nitro benzene ring substituents is 1. The highest BCUT2D eigenvalue weighted by atomic mass is 19.4. The van der Waals surface area contributed by atoms with Crippen molar-refractivity contribution in [2.45, 2.75) is 12.7 Å². The number of pyridine rings is 1. The molecule has 4 aromatic rings. The Kier molecular flexibility index (Phi) is 4.89. The summed E-state index contributed by atoms with van der Waals surface area (Å²) in [5.74, 6) is -2.36. The van der Waals surface area contributed by atoms with Crippen LogP contribution < -0.4 is 4.84 Å². The molecule has 0 spiro atoms. The monoisotopic (exact) mass is 431 g/mol. The van der Waals surface area contributed by atoms with Gasteiger partial charge in [0.25, 0.3) is 5.69 Å². The lowest BCUT2D eigenvalue weighted by Crippen LogP contribution is -2.33. The molecule has 0 N–H and O–H groups in total. The van der Waals surface area contributed by atoms with Gasteiger partial charge in [-0.25, -0.2) is 9.78 Å². The normalized spacial score (nSPS) is 11.6. The number of carbonyl (C=O) groups is 1. The molecule has 1 aromatic carbocycles. The van der Waals surface area contributed by atoms with Crippen LogP contribution in [0.3, 0.4) is 0 Å². The number of benzene rings is 1. The second-order valence-electron chi connectivity index (χ2n) is 6.47. The van der Waals surface area contributed by atoms with Gasteiger partial charge < -0.3 is 4.84 Å². The van der Waals surface area contributed by atoms with Crippen molar-refractivity contribution in [2.75, 3.05) is 0 Å². The van der Waals surface area contributed by atoms with Crippen LogP contribution in [-0.2, 0) is 11.3 Å². The Labute approximate surface area is 171 Å². The molecule has 0 amide bonds. The van der Waals surface area contributed by atoms with E-state index < -0.39 is 17.1 Å². The number of aromatic nitrogens is 4. The molecule has 12 heteroatoms. The Morgan fingerprint density at radius 2 is 2.03 bits per heavy atom. The number of nitro benzene ring substituents is 1. The Morgan fingerprint density at radius 1 is 1.23 bits per heavy atom. The van der Waals surface area contributed by atoms with Crippen LogP contribution in [0.2, 0.25) is 0 Å². The second-order valence-corrected chi connectivity index (χ2v) is 6.47. The summed E-state index contributed by atoms with van der Waals surface area (Å²) in [6.45, 7) is 0.278. The number of carbonyl (C=O) groups excluding carboxylic acids is 1. The van der Waals surface area contributed by atoms with Gasteiger partial charge in [-0.1, -0.05) is 12.1 Å². The lowest BCUT2D eigenvalue weighted by Gasteiger charge is -2.08. The molecule has 31 heavy (non-hydrogen) atoms. The largest absolute Gasteiger partial charge is 0.493 e. The molecular formula is C19H12F3N5O4. The predicted molar refractivity (Wildman–Crippen MR) is 101 cm³/mol. The molecule has 0 aliphatic carbocycles. The SMILES string of the molecule is O=C(On1ccc2c(-c3cnn(Cc4cccc([N+](=O)[O-])c4)c3)ccnc21)C(F)(F)F. The zero-order chi connectivity index (χ0) is 22.2. The molecule has 0 aliphatic rings. The van der Waals surface area contributed by atoms with Crippen LogP contribution in [0.25, 0.3) is 22.2 Å². The second kappa shape index (κ2) is 7.55. The van der Waals surface area contributed by atoms with Crippen LogP contribution in [0.15, 0.2) is 61.2 Å². The van der Waals surface area contributed by atoms with Crippen molar-refractivity contribution in [2.24, 2.45) is 0 Å². The fourth-order valence-electron chi connectivity index (χ4n) is 3.03. The summed E-state index contributed by atoms with van der Waals surface area (Å²) >= 11 is 0. The average Bonchev–Trinajstić information content (AvgIpc) is 3.35. The molecule has 0 radical (unpaired) electrons. The van der Waals surface area contributed by atoms with Crippen LogP contribution in [0.1, 0.15) is 5.56 Å². The summed E-state index contributed by atoms with van der Waals surface area (Å²) in [5.41, 5.74) is 1.92. The number of alkyl halides is 3. The first-order chi connectivity index (χ1) is 14.7. The standard InChI is InChI=1S/C19H12F3N5O4/c20-19(21,22)18(28)31-26-7-5-16-15(4-6-23-17(16)26)13-9-24-25(11-13)10-12-2-1-3-14(8-12)27(29)30/h1-9,11H,10H2. The number of rotatable bonds is 5. The molecule has 0 unspecified atom stereocenters. The fraction of sp³-hybridized carbons (Fsp3) is 0.105. The van der Waals surface area contributed by atoms with E-state index in [1.807, 2.05) is 0 Å². The molecule has 0 atom stereocenters. The van der Waals surface area contributed by atoms with Crippen molar-refractivity contribution in [1.82, 2.24) is 19.5 Å². The van der Waals surface area contributed by atoms with Crippen molar-refractivity contribution in [3.05, 3.63) is 76.9 Å². The maximum atomic E-state index is 12.5. The van der Waals surface area contributed by atoms with Gasteiger partial charge >= 0.3 is 12.1 Å². The Balaban J connectivity index is 1.62. The number of nitrogens with zero attached hydrogens (tertiary/aromatic N) is 5. The fourth-order valence-corrected chi connectivity index (χ4v) is 3.03. The molecule has 0 bridgehead atoms. The first kappa shape index (κ1) is 20.1. The third-order valence-corrected chi connectivity index (χ3v) is 4.38. The predicted octanol–water partition coefficient (Wildman–Crippen LogP) is 3.37. The zero-order valence-corrected chi connectivity index (χ0v) is 15.5. The minimum atomic E-state index is -5.14. The van der Waals surface area contributed by atoms with E-state index >= 15 is 0 Å². The summed E-state index contributed by atoms with van der Waals surface area (Å²) in [5, 5.41) is 15.6. The van der Waals surface area contributed by atoms with E-state index in [9.17, 15) is 28.1 Å². The molecular weight excluding hydrogens is 419 g/mol. The molecule has 0 fully saturated rings. The molecule has 158 valence electrons. The number of halogens is 3. The Hall–Kier alpha value is -4.22. The van der Waals surface area contributed by atoms with E-state index in [0.717, 1.165) is 0 Å². The van der Waals surface area contributed by atoms with Gasteiger partial charge in [-0.15, -0.1) is 0 Å². The smallest absolute Gasteiger partial charge is 0.326 e. The van der Waals surface area contributed by atoms with Crippen molar-refractivity contribution in [1.29, 1.82) is 0 Å². The quantitative estimate of drug-likeness (QED) is 0.354. The maximum Gasteiger partial charge on any atom is 0.493 e. The van der Waals surface area contributed by atoms with Crippen LogP contribution in [0.4, 0.5) is 18.9 Å². The molecule has 0 saturated heterocycles. The minimum absolute atomic E-state index is 0.0292. The summed E-state index contributed by atoms with van der Waals surface area (Å²) < 4.78 is 39.7. The third-order valence-electron chi connectivity index (χ3n) is 4.38. The number of hydrogen-bond acceptors (Lipinski definition) is 6. The van der Waals surface area contributed by atoms with Crippen molar-refractivity contribution < 1.29 is 27.7 Å². The highest BCUT2D eigenvalue weighted by Crippen LogP contribution is 2.28. The van der Waals surface area contributed by atoms with Crippen molar-refractivity contribution in [3.63, 3.8) is 0 Å². The summed E-state index contributed by atoms with van der Waals surface area (Å²) in [6.07, 6.45) is 0.630. The Bertz CT molecular complexity index is 1300. The molecule has 4 rings (SSSR count). The molecule has 3 heterocycles. The lowest BCUT2D eigenvalue weighted by molar-refractivity contribution is -0.384. The van der Waals surface area contributed by atoms with E-state index in [1.165, 1.54) is 30.6 Å². The van der Waals surface area contributed by atoms with Crippen LogP contribution in [0.5, 0.6) is 0 Å².